The number of hydrogen-bond acceptors (Lipinski definition) is 3. The Morgan fingerprint density at radius 2 is 1.86 bits per heavy atom. The molecule has 0 saturated heterocycles. The summed E-state index contributed by atoms with van der Waals surface area (Å²) in [7, 11) is 0. The number of nitrogens with zero attached hydrogens (tertiary/aromatic N) is 2. The molecule has 0 aliphatic rings. The molecule has 0 atom stereocenters. The van der Waals surface area contributed by atoms with E-state index in [4.69, 9.17) is 0 Å². The van der Waals surface area contributed by atoms with Crippen molar-refractivity contribution in [2.75, 3.05) is 0 Å². The maximum Gasteiger partial charge on any atom is 0.348 e. The van der Waals surface area contributed by atoms with Crippen LogP contribution in [0.5, 0.6) is 0 Å². The summed E-state index contributed by atoms with van der Waals surface area (Å²) in [6, 6.07) is 14.1. The number of rotatable bonds is 3. The van der Waals surface area contributed by atoms with Crippen LogP contribution < -0.4 is 5.69 Å². The van der Waals surface area contributed by atoms with E-state index in [0.717, 1.165) is 21.7 Å². The quantitative estimate of drug-likeness (QED) is 0.725. The zero-order chi connectivity index (χ0) is 14.8. The molecule has 106 valence electrons. The monoisotopic (exact) mass is 296 g/mol. The summed E-state index contributed by atoms with van der Waals surface area (Å²) < 4.78 is 1.68. The fraction of sp³-hybridized carbons (Fsp3) is 0.176. The van der Waals surface area contributed by atoms with Gasteiger partial charge in [-0.05, 0) is 30.9 Å². The zero-order valence-corrected chi connectivity index (χ0v) is 12.8. The molecule has 0 radical (unpaired) electrons. The minimum atomic E-state index is -0.201. The Labute approximate surface area is 127 Å². The van der Waals surface area contributed by atoms with Crippen molar-refractivity contribution in [3.63, 3.8) is 0 Å². The first-order chi connectivity index (χ1) is 10.2. The molecule has 0 unspecified atom stereocenters. The summed E-state index contributed by atoms with van der Waals surface area (Å²) in [6.45, 7) is 3.98. The summed E-state index contributed by atoms with van der Waals surface area (Å²) in [5, 5.41) is 2.00. The van der Waals surface area contributed by atoms with Gasteiger partial charge in [0.15, 0.2) is 0 Å². The van der Waals surface area contributed by atoms with Crippen molar-refractivity contribution in [1.82, 2.24) is 9.55 Å². The summed E-state index contributed by atoms with van der Waals surface area (Å²) in [6.07, 6.45) is 1.92. The second-order valence-electron chi connectivity index (χ2n) is 5.13. The third-order valence-electron chi connectivity index (χ3n) is 3.35. The van der Waals surface area contributed by atoms with E-state index in [2.05, 4.69) is 4.98 Å². The Kier molecular flexibility index (Phi) is 3.71. The van der Waals surface area contributed by atoms with Gasteiger partial charge in [0.05, 0.1) is 10.6 Å². The molecule has 2 aromatic heterocycles. The Hall–Kier alpha value is -2.20. The minimum Gasteiger partial charge on any atom is -0.296 e. The lowest BCUT2D eigenvalue weighted by Crippen LogP contribution is -2.25. The summed E-state index contributed by atoms with van der Waals surface area (Å²) >= 11 is 1.60. The van der Waals surface area contributed by atoms with Crippen LogP contribution in [0.2, 0.25) is 0 Å². The molecule has 0 bridgehead atoms. The summed E-state index contributed by atoms with van der Waals surface area (Å²) in [5.41, 5.74) is 2.63. The molecule has 4 heteroatoms. The van der Waals surface area contributed by atoms with Gasteiger partial charge in [-0.15, -0.1) is 11.3 Å². The van der Waals surface area contributed by atoms with E-state index >= 15 is 0 Å². The molecule has 0 saturated carbocycles. The molecule has 3 rings (SSSR count). The van der Waals surface area contributed by atoms with E-state index in [0.29, 0.717) is 0 Å². The number of benzene rings is 1. The second-order valence-corrected chi connectivity index (χ2v) is 6.08. The lowest BCUT2D eigenvalue weighted by Gasteiger charge is -2.14. The molecule has 0 amide bonds. The fourth-order valence-corrected chi connectivity index (χ4v) is 3.00. The molecule has 0 fully saturated rings. The van der Waals surface area contributed by atoms with Crippen molar-refractivity contribution in [3.8, 4) is 21.7 Å². The van der Waals surface area contributed by atoms with E-state index in [-0.39, 0.29) is 11.7 Å². The molecule has 21 heavy (non-hydrogen) atoms. The van der Waals surface area contributed by atoms with Crippen LogP contribution >= 0.6 is 11.3 Å². The van der Waals surface area contributed by atoms with Crippen molar-refractivity contribution < 1.29 is 0 Å². The van der Waals surface area contributed by atoms with Crippen LogP contribution in [0.25, 0.3) is 21.7 Å². The van der Waals surface area contributed by atoms with Crippen molar-refractivity contribution in [1.29, 1.82) is 0 Å². The van der Waals surface area contributed by atoms with Crippen LogP contribution in [-0.4, -0.2) is 9.55 Å². The number of hydrogen-bond donors (Lipinski definition) is 0. The molecule has 0 aliphatic carbocycles. The largest absolute Gasteiger partial charge is 0.348 e. The van der Waals surface area contributed by atoms with Crippen molar-refractivity contribution >= 4 is 11.3 Å². The molecule has 0 spiro atoms. The Balaban J connectivity index is 2.29. The topological polar surface area (TPSA) is 34.9 Å². The Morgan fingerprint density at radius 3 is 2.48 bits per heavy atom. The first-order valence-electron chi connectivity index (χ1n) is 6.89. The van der Waals surface area contributed by atoms with Gasteiger partial charge < -0.3 is 0 Å². The third-order valence-corrected chi connectivity index (χ3v) is 4.22. The van der Waals surface area contributed by atoms with Crippen molar-refractivity contribution in [3.05, 3.63) is 64.5 Å². The highest BCUT2D eigenvalue weighted by atomic mass is 32.1. The molecule has 0 aliphatic heterocycles. The molecular formula is C17H16N2OS. The average molecular weight is 296 g/mol. The SMILES string of the molecule is CC(C)n1cc(-c2ccccc2)c(-c2cccs2)nc1=O. The van der Waals surface area contributed by atoms with Crippen molar-refractivity contribution in [2.45, 2.75) is 19.9 Å². The summed E-state index contributed by atoms with van der Waals surface area (Å²) in [4.78, 5) is 17.6. The van der Waals surface area contributed by atoms with Crippen LogP contribution in [0.1, 0.15) is 19.9 Å². The van der Waals surface area contributed by atoms with Gasteiger partial charge in [-0.3, -0.25) is 4.57 Å². The maximum absolute atomic E-state index is 12.2. The van der Waals surface area contributed by atoms with E-state index in [1.807, 2.05) is 67.9 Å². The fourth-order valence-electron chi connectivity index (χ4n) is 2.27. The highest BCUT2D eigenvalue weighted by Crippen LogP contribution is 2.32. The lowest BCUT2D eigenvalue weighted by molar-refractivity contribution is 0.565. The van der Waals surface area contributed by atoms with Crippen molar-refractivity contribution in [2.24, 2.45) is 0 Å². The first-order valence-corrected chi connectivity index (χ1v) is 7.77. The van der Waals surface area contributed by atoms with E-state index in [9.17, 15) is 4.79 Å². The van der Waals surface area contributed by atoms with Gasteiger partial charge in [0.25, 0.3) is 0 Å². The van der Waals surface area contributed by atoms with Crippen LogP contribution in [0.3, 0.4) is 0 Å². The maximum atomic E-state index is 12.2. The molecule has 2 heterocycles. The van der Waals surface area contributed by atoms with Gasteiger partial charge in [0.1, 0.15) is 0 Å². The molecule has 0 N–H and O–H groups in total. The summed E-state index contributed by atoms with van der Waals surface area (Å²) in [5.74, 6) is 0. The number of thiophene rings is 1. The smallest absolute Gasteiger partial charge is 0.296 e. The van der Waals surface area contributed by atoms with E-state index in [1.165, 1.54) is 0 Å². The molecule has 3 aromatic rings. The van der Waals surface area contributed by atoms with Gasteiger partial charge >= 0.3 is 5.69 Å². The van der Waals surface area contributed by atoms with E-state index in [1.54, 1.807) is 15.9 Å². The Morgan fingerprint density at radius 1 is 1.10 bits per heavy atom. The van der Waals surface area contributed by atoms with Crippen LogP contribution in [0.15, 0.2) is 58.8 Å². The predicted octanol–water partition coefficient (Wildman–Crippen LogP) is 4.22. The average Bonchev–Trinajstić information content (AvgIpc) is 3.01. The Bertz CT molecular complexity index is 789. The molecule has 1 aromatic carbocycles. The first kappa shape index (κ1) is 13.8. The van der Waals surface area contributed by atoms with Crippen LogP contribution in [-0.2, 0) is 0 Å². The van der Waals surface area contributed by atoms with Gasteiger partial charge in [-0.1, -0.05) is 36.4 Å². The highest BCUT2D eigenvalue weighted by Gasteiger charge is 2.14. The molecule has 3 nitrogen and oxygen atoms in total. The van der Waals surface area contributed by atoms with E-state index < -0.39 is 0 Å². The number of aromatic nitrogens is 2. The predicted molar refractivity (Wildman–Crippen MR) is 87.6 cm³/mol. The van der Waals surface area contributed by atoms with Gasteiger partial charge in [0, 0.05) is 17.8 Å². The van der Waals surface area contributed by atoms with Crippen LogP contribution in [0.4, 0.5) is 0 Å². The zero-order valence-electron chi connectivity index (χ0n) is 12.0. The third kappa shape index (κ3) is 2.67. The van der Waals surface area contributed by atoms with Gasteiger partial charge in [-0.2, -0.15) is 4.98 Å². The standard InChI is InChI=1S/C17H16N2OS/c1-12(2)19-11-14(13-7-4-3-5-8-13)16(18-17(19)20)15-9-6-10-21-15/h3-12H,1-2H3. The minimum absolute atomic E-state index is 0.0878. The normalized spacial score (nSPS) is 11.0. The van der Waals surface area contributed by atoms with Gasteiger partial charge in [-0.25, -0.2) is 4.79 Å². The second kappa shape index (κ2) is 5.66. The van der Waals surface area contributed by atoms with Crippen LogP contribution in [0, 0.1) is 0 Å². The van der Waals surface area contributed by atoms with Gasteiger partial charge in [0.2, 0.25) is 0 Å². The molecular weight excluding hydrogens is 280 g/mol. The lowest BCUT2D eigenvalue weighted by atomic mass is 10.0. The highest BCUT2D eigenvalue weighted by molar-refractivity contribution is 7.13.